The zero-order valence-electron chi connectivity index (χ0n) is 15.1. The topological polar surface area (TPSA) is 71.8 Å². The van der Waals surface area contributed by atoms with E-state index in [1.807, 2.05) is 47.4 Å². The maximum atomic E-state index is 13.1. The van der Waals surface area contributed by atoms with Gasteiger partial charge in [-0.2, -0.15) is 5.10 Å². The minimum absolute atomic E-state index is 0.0315. The van der Waals surface area contributed by atoms with Gasteiger partial charge in [0, 0.05) is 31.3 Å². The van der Waals surface area contributed by atoms with Crippen LogP contribution in [0.25, 0.3) is 11.1 Å². The molecule has 1 amide bonds. The van der Waals surface area contributed by atoms with Crippen molar-refractivity contribution < 1.29 is 4.79 Å². The molecule has 0 aliphatic carbocycles. The maximum Gasteiger partial charge on any atom is 0.248 e. The van der Waals surface area contributed by atoms with Gasteiger partial charge in [0.2, 0.25) is 5.91 Å². The van der Waals surface area contributed by atoms with Crippen LogP contribution in [0.15, 0.2) is 67.3 Å². The molecule has 0 bridgehead atoms. The molecule has 3 aromatic rings. The van der Waals surface area contributed by atoms with Crippen LogP contribution in [0.4, 0.5) is 0 Å². The van der Waals surface area contributed by atoms with Crippen LogP contribution in [0.1, 0.15) is 18.4 Å². The van der Waals surface area contributed by atoms with Gasteiger partial charge in [0.15, 0.2) is 0 Å². The average molecular weight is 361 g/mol. The second-order valence-corrected chi connectivity index (χ2v) is 6.85. The number of hydrogen-bond donors (Lipinski definition) is 2. The smallest absolute Gasteiger partial charge is 0.248 e. The van der Waals surface area contributed by atoms with E-state index in [0.29, 0.717) is 6.54 Å². The predicted molar refractivity (Wildman–Crippen MR) is 104 cm³/mol. The van der Waals surface area contributed by atoms with Gasteiger partial charge in [-0.05, 0) is 54.8 Å². The Morgan fingerprint density at radius 3 is 2.56 bits per heavy atom. The molecule has 0 unspecified atom stereocenters. The first kappa shape index (κ1) is 17.4. The number of amides is 1. The van der Waals surface area contributed by atoms with Crippen molar-refractivity contribution in [1.82, 2.24) is 25.4 Å². The predicted octanol–water partition coefficient (Wildman–Crippen LogP) is 2.34. The first-order valence-corrected chi connectivity index (χ1v) is 9.26. The van der Waals surface area contributed by atoms with Crippen LogP contribution in [0, 0.1) is 0 Å². The van der Waals surface area contributed by atoms with E-state index in [9.17, 15) is 4.79 Å². The molecule has 1 fully saturated rings. The summed E-state index contributed by atoms with van der Waals surface area (Å²) in [6, 6.07) is 14.1. The highest BCUT2D eigenvalue weighted by atomic mass is 16.2. The molecule has 4 rings (SSSR count). The Hall–Kier alpha value is -2.99. The lowest BCUT2D eigenvalue weighted by Gasteiger charge is -2.36. The first-order chi connectivity index (χ1) is 13.3. The molecule has 6 heteroatoms. The highest BCUT2D eigenvalue weighted by Gasteiger charge is 2.41. The lowest BCUT2D eigenvalue weighted by Crippen LogP contribution is -2.54. The minimum Gasteiger partial charge on any atom is -0.350 e. The standard InChI is InChI=1S/C21H23N5O/c27-20(21(8-12-22-13-9-21)26-14-2-11-25-26)24-15-17-4-6-18(7-5-17)19-3-1-10-23-16-19/h1-7,10-11,14,16,22H,8-9,12-13,15H2,(H,24,27). The van der Waals surface area contributed by atoms with Gasteiger partial charge < -0.3 is 10.6 Å². The number of pyridine rings is 1. The molecule has 0 saturated carbocycles. The molecule has 0 radical (unpaired) electrons. The number of benzene rings is 1. The van der Waals surface area contributed by atoms with Gasteiger partial charge in [0.25, 0.3) is 0 Å². The second-order valence-electron chi connectivity index (χ2n) is 6.85. The number of carbonyl (C=O) groups is 1. The summed E-state index contributed by atoms with van der Waals surface area (Å²) in [5, 5.41) is 10.8. The van der Waals surface area contributed by atoms with Gasteiger partial charge in [-0.15, -0.1) is 0 Å². The molecule has 2 aromatic heterocycles. The van der Waals surface area contributed by atoms with Crippen molar-refractivity contribution in [3.63, 3.8) is 0 Å². The molecule has 1 aliphatic rings. The third-order valence-electron chi connectivity index (χ3n) is 5.20. The Kier molecular flexibility index (Phi) is 4.98. The van der Waals surface area contributed by atoms with E-state index in [-0.39, 0.29) is 5.91 Å². The summed E-state index contributed by atoms with van der Waals surface area (Å²) in [7, 11) is 0. The van der Waals surface area contributed by atoms with E-state index in [4.69, 9.17) is 0 Å². The molecular formula is C21H23N5O. The number of rotatable bonds is 5. The number of aromatic nitrogens is 3. The van der Waals surface area contributed by atoms with Crippen molar-refractivity contribution >= 4 is 5.91 Å². The molecule has 1 saturated heterocycles. The van der Waals surface area contributed by atoms with E-state index in [1.165, 1.54) is 0 Å². The Labute approximate surface area is 158 Å². The van der Waals surface area contributed by atoms with Crippen molar-refractivity contribution in [2.75, 3.05) is 13.1 Å². The summed E-state index contributed by atoms with van der Waals surface area (Å²) in [5.41, 5.74) is 2.66. The zero-order valence-corrected chi connectivity index (χ0v) is 15.1. The summed E-state index contributed by atoms with van der Waals surface area (Å²) >= 11 is 0. The largest absolute Gasteiger partial charge is 0.350 e. The summed E-state index contributed by atoms with van der Waals surface area (Å²) in [4.78, 5) is 17.2. The molecule has 0 spiro atoms. The fourth-order valence-electron chi connectivity index (χ4n) is 3.62. The number of hydrogen-bond acceptors (Lipinski definition) is 4. The molecule has 1 aromatic carbocycles. The van der Waals surface area contributed by atoms with E-state index in [1.54, 1.807) is 12.4 Å². The summed E-state index contributed by atoms with van der Waals surface area (Å²) < 4.78 is 1.81. The SMILES string of the molecule is O=C(NCc1ccc(-c2cccnc2)cc1)C1(n2cccn2)CCNCC1. The zero-order chi connectivity index (χ0) is 18.5. The third-order valence-corrected chi connectivity index (χ3v) is 5.20. The number of nitrogens with one attached hydrogen (secondary N) is 2. The first-order valence-electron chi connectivity index (χ1n) is 9.26. The maximum absolute atomic E-state index is 13.1. The van der Waals surface area contributed by atoms with Crippen LogP contribution in [-0.4, -0.2) is 33.8 Å². The van der Waals surface area contributed by atoms with Gasteiger partial charge in [-0.25, -0.2) is 0 Å². The molecule has 6 nitrogen and oxygen atoms in total. The quantitative estimate of drug-likeness (QED) is 0.732. The summed E-state index contributed by atoms with van der Waals surface area (Å²) in [6.07, 6.45) is 8.70. The summed E-state index contributed by atoms with van der Waals surface area (Å²) in [5.74, 6) is 0.0315. The Morgan fingerprint density at radius 1 is 1.07 bits per heavy atom. The van der Waals surface area contributed by atoms with Crippen LogP contribution >= 0.6 is 0 Å². The fraction of sp³-hybridized carbons (Fsp3) is 0.286. The van der Waals surface area contributed by atoms with Crippen LogP contribution < -0.4 is 10.6 Å². The Morgan fingerprint density at radius 2 is 1.89 bits per heavy atom. The molecule has 27 heavy (non-hydrogen) atoms. The van der Waals surface area contributed by atoms with Gasteiger partial charge in [-0.3, -0.25) is 14.5 Å². The second kappa shape index (κ2) is 7.72. The molecule has 2 N–H and O–H groups in total. The minimum atomic E-state index is -0.607. The highest BCUT2D eigenvalue weighted by molar-refractivity contribution is 5.84. The van der Waals surface area contributed by atoms with Crippen molar-refractivity contribution in [1.29, 1.82) is 0 Å². The van der Waals surface area contributed by atoms with Gasteiger partial charge >= 0.3 is 0 Å². The van der Waals surface area contributed by atoms with E-state index < -0.39 is 5.54 Å². The molecule has 138 valence electrons. The molecule has 3 heterocycles. The van der Waals surface area contributed by atoms with Crippen molar-refractivity contribution in [3.8, 4) is 11.1 Å². The average Bonchev–Trinajstić information content (AvgIpc) is 3.29. The monoisotopic (exact) mass is 361 g/mol. The Balaban J connectivity index is 1.45. The highest BCUT2D eigenvalue weighted by Crippen LogP contribution is 2.27. The number of piperidine rings is 1. The van der Waals surface area contributed by atoms with Crippen LogP contribution in [0.5, 0.6) is 0 Å². The third kappa shape index (κ3) is 3.61. The van der Waals surface area contributed by atoms with Crippen LogP contribution in [-0.2, 0) is 16.9 Å². The molecule has 0 atom stereocenters. The van der Waals surface area contributed by atoms with Gasteiger partial charge in [-0.1, -0.05) is 30.3 Å². The van der Waals surface area contributed by atoms with Crippen LogP contribution in [0.2, 0.25) is 0 Å². The lowest BCUT2D eigenvalue weighted by atomic mass is 9.87. The fourth-order valence-corrected chi connectivity index (χ4v) is 3.62. The number of nitrogens with zero attached hydrogens (tertiary/aromatic N) is 3. The Bertz CT molecular complexity index is 869. The van der Waals surface area contributed by atoms with Crippen molar-refractivity contribution in [2.24, 2.45) is 0 Å². The number of carbonyl (C=O) groups excluding carboxylic acids is 1. The van der Waals surface area contributed by atoms with Crippen molar-refractivity contribution in [2.45, 2.75) is 24.9 Å². The normalized spacial score (nSPS) is 16.0. The van der Waals surface area contributed by atoms with E-state index in [2.05, 4.69) is 32.8 Å². The van der Waals surface area contributed by atoms with E-state index in [0.717, 1.165) is 42.6 Å². The molecular weight excluding hydrogens is 338 g/mol. The lowest BCUT2D eigenvalue weighted by molar-refractivity contribution is -0.132. The van der Waals surface area contributed by atoms with Crippen molar-refractivity contribution in [3.05, 3.63) is 72.8 Å². The molecule has 1 aliphatic heterocycles. The summed E-state index contributed by atoms with van der Waals surface area (Å²) in [6.45, 7) is 2.13. The van der Waals surface area contributed by atoms with Crippen LogP contribution in [0.3, 0.4) is 0 Å². The van der Waals surface area contributed by atoms with E-state index >= 15 is 0 Å². The van der Waals surface area contributed by atoms with Gasteiger partial charge in [0.05, 0.1) is 0 Å². The van der Waals surface area contributed by atoms with Gasteiger partial charge in [0.1, 0.15) is 5.54 Å².